The van der Waals surface area contributed by atoms with Gasteiger partial charge in [-0.25, -0.2) is 9.00 Å². The topological polar surface area (TPSA) is 135 Å². The van der Waals surface area contributed by atoms with E-state index in [0.29, 0.717) is 17.0 Å². The molecule has 0 saturated carbocycles. The Labute approximate surface area is 227 Å². The number of aryl methyl sites for hydroxylation is 2. The van der Waals surface area contributed by atoms with Crippen LogP contribution in [0.2, 0.25) is 5.02 Å². The molecule has 0 fully saturated rings. The number of hydrogen-bond acceptors (Lipinski definition) is 8. The highest BCUT2D eigenvalue weighted by molar-refractivity contribution is 7.79. The number of nitrogens with one attached hydrogen (secondary N) is 3. The molecule has 38 heavy (non-hydrogen) atoms. The number of benzene rings is 3. The number of carbonyl (C=O) groups is 3. The number of anilines is 2. The number of carbonyl (C=O) groups excluding carboxylic acids is 3. The van der Waals surface area contributed by atoms with E-state index >= 15 is 0 Å². The standard InChI is InChI=1S/C27H26ClN3O6S/c1-15-5-10-24(16(2)11-15)36-27(34)18-6-8-21(28)23(13-18)31-26(33)25(17(3)32)30-22-9-7-20(37-38(4)35)12-19(22)14-29/h5-14,25,29-30H,1-4H3,(H,31,33). The Bertz CT molecular complexity index is 1440. The molecule has 3 N–H and O–H groups in total. The molecule has 1 amide bonds. The third kappa shape index (κ3) is 7.27. The first-order valence-electron chi connectivity index (χ1n) is 11.3. The molecule has 0 radical (unpaired) electrons. The summed E-state index contributed by atoms with van der Waals surface area (Å²) in [6.07, 6.45) is 2.36. The van der Waals surface area contributed by atoms with Crippen LogP contribution in [0, 0.1) is 19.3 Å². The lowest BCUT2D eigenvalue weighted by atomic mass is 10.1. The van der Waals surface area contributed by atoms with E-state index in [1.807, 2.05) is 26.0 Å². The summed E-state index contributed by atoms with van der Waals surface area (Å²) in [6.45, 7) is 4.99. The van der Waals surface area contributed by atoms with Crippen LogP contribution in [-0.2, 0) is 20.7 Å². The minimum Gasteiger partial charge on any atom is -0.423 e. The van der Waals surface area contributed by atoms with Gasteiger partial charge in [-0.3, -0.25) is 9.59 Å². The van der Waals surface area contributed by atoms with Gasteiger partial charge in [-0.2, -0.15) is 0 Å². The zero-order valence-electron chi connectivity index (χ0n) is 21.1. The summed E-state index contributed by atoms with van der Waals surface area (Å²) in [5.74, 6) is -1.21. The molecule has 0 aliphatic rings. The van der Waals surface area contributed by atoms with Gasteiger partial charge in [0.25, 0.3) is 5.91 Å². The fraction of sp³-hybridized carbons (Fsp3) is 0.185. The Balaban J connectivity index is 1.80. The van der Waals surface area contributed by atoms with E-state index in [-0.39, 0.29) is 22.0 Å². The second-order valence-corrected chi connectivity index (χ2v) is 9.79. The summed E-state index contributed by atoms with van der Waals surface area (Å²) in [7, 11) is 0. The second kappa shape index (κ2) is 12.5. The van der Waals surface area contributed by atoms with Gasteiger partial charge in [0.2, 0.25) is 11.1 Å². The van der Waals surface area contributed by atoms with E-state index in [1.165, 1.54) is 49.6 Å². The van der Waals surface area contributed by atoms with E-state index in [9.17, 15) is 18.6 Å². The smallest absolute Gasteiger partial charge is 0.343 e. The van der Waals surface area contributed by atoms with Crippen molar-refractivity contribution >= 4 is 57.9 Å². The van der Waals surface area contributed by atoms with E-state index in [1.54, 1.807) is 6.07 Å². The fourth-order valence-corrected chi connectivity index (χ4v) is 4.05. The first-order chi connectivity index (χ1) is 18.0. The zero-order chi connectivity index (χ0) is 28.0. The van der Waals surface area contributed by atoms with E-state index in [2.05, 4.69) is 10.6 Å². The molecule has 3 aromatic rings. The molecule has 198 valence electrons. The average molecular weight is 556 g/mol. The zero-order valence-corrected chi connectivity index (χ0v) is 22.7. The maximum Gasteiger partial charge on any atom is 0.343 e. The molecule has 2 atom stereocenters. The first kappa shape index (κ1) is 28.5. The predicted octanol–water partition coefficient (Wildman–Crippen LogP) is 4.85. The van der Waals surface area contributed by atoms with E-state index in [4.69, 9.17) is 25.9 Å². The molecule has 0 heterocycles. The highest BCUT2D eigenvalue weighted by Crippen LogP contribution is 2.27. The lowest BCUT2D eigenvalue weighted by Gasteiger charge is -2.19. The maximum absolute atomic E-state index is 13.1. The van der Waals surface area contributed by atoms with Gasteiger partial charge in [-0.15, -0.1) is 0 Å². The summed E-state index contributed by atoms with van der Waals surface area (Å²) in [5, 5.41) is 13.2. The Morgan fingerprint density at radius 3 is 2.39 bits per heavy atom. The molecule has 11 heteroatoms. The monoisotopic (exact) mass is 555 g/mol. The van der Waals surface area contributed by atoms with Gasteiger partial charge >= 0.3 is 5.97 Å². The average Bonchev–Trinajstić information content (AvgIpc) is 2.85. The Morgan fingerprint density at radius 2 is 1.76 bits per heavy atom. The normalized spacial score (nSPS) is 12.1. The predicted molar refractivity (Wildman–Crippen MR) is 148 cm³/mol. The van der Waals surface area contributed by atoms with Crippen LogP contribution >= 0.6 is 11.6 Å². The van der Waals surface area contributed by atoms with Gasteiger partial charge in [0.05, 0.1) is 16.3 Å². The van der Waals surface area contributed by atoms with Crippen LogP contribution in [0.15, 0.2) is 54.6 Å². The van der Waals surface area contributed by atoms with Gasteiger partial charge in [0, 0.05) is 23.7 Å². The van der Waals surface area contributed by atoms with E-state index < -0.39 is 34.8 Å². The number of Topliss-reactive ketones (excluding diaryl/α,β-unsaturated/α-hetero) is 1. The van der Waals surface area contributed by atoms with Crippen molar-refractivity contribution < 1.29 is 27.5 Å². The Kier molecular flexibility index (Phi) is 9.38. The molecular formula is C27H26ClN3O6S. The molecule has 0 spiro atoms. The number of esters is 1. The van der Waals surface area contributed by atoms with Gasteiger partial charge in [-0.05, 0) is 68.8 Å². The van der Waals surface area contributed by atoms with Crippen LogP contribution < -0.4 is 19.6 Å². The minimum absolute atomic E-state index is 0.112. The summed E-state index contributed by atoms with van der Waals surface area (Å²) in [4.78, 5) is 38.2. The van der Waals surface area contributed by atoms with Crippen LogP contribution in [-0.4, -0.2) is 40.4 Å². The highest BCUT2D eigenvalue weighted by atomic mass is 35.5. The molecule has 0 bridgehead atoms. The highest BCUT2D eigenvalue weighted by Gasteiger charge is 2.25. The number of hydrogen-bond donors (Lipinski definition) is 3. The molecule has 3 aromatic carbocycles. The molecule has 2 unspecified atom stereocenters. The van der Waals surface area contributed by atoms with Gasteiger partial charge in [0.15, 0.2) is 11.8 Å². The Morgan fingerprint density at radius 1 is 1.03 bits per heavy atom. The number of ketones is 1. The molecular weight excluding hydrogens is 530 g/mol. The SMILES string of the molecule is CC(=O)C(Nc1ccc(OS(C)=O)cc1C=N)C(=O)Nc1cc(C(=O)Oc2ccc(C)cc2C)ccc1Cl. The first-order valence-corrected chi connectivity index (χ1v) is 13.2. The van der Waals surface area contributed by atoms with Crippen LogP contribution in [0.5, 0.6) is 11.5 Å². The van der Waals surface area contributed by atoms with E-state index in [0.717, 1.165) is 17.3 Å². The summed E-state index contributed by atoms with van der Waals surface area (Å²) >= 11 is 4.70. The van der Waals surface area contributed by atoms with Crippen molar-refractivity contribution in [3.63, 3.8) is 0 Å². The molecule has 0 aromatic heterocycles. The lowest BCUT2D eigenvalue weighted by molar-refractivity contribution is -0.125. The minimum atomic E-state index is -1.56. The van der Waals surface area contributed by atoms with Crippen molar-refractivity contribution in [2.24, 2.45) is 0 Å². The fourth-order valence-electron chi connectivity index (χ4n) is 3.51. The summed E-state index contributed by atoms with van der Waals surface area (Å²) in [5.41, 5.74) is 2.70. The number of ether oxygens (including phenoxy) is 1. The van der Waals surface area contributed by atoms with Crippen LogP contribution in [0.25, 0.3) is 0 Å². The third-order valence-electron chi connectivity index (χ3n) is 5.35. The van der Waals surface area contributed by atoms with Gasteiger partial charge in [0.1, 0.15) is 11.5 Å². The van der Waals surface area contributed by atoms with Crippen molar-refractivity contribution in [2.75, 3.05) is 16.9 Å². The number of halogens is 1. The quantitative estimate of drug-likeness (QED) is 0.141. The molecule has 9 nitrogen and oxygen atoms in total. The van der Waals surface area contributed by atoms with Crippen molar-refractivity contribution in [3.8, 4) is 11.5 Å². The second-order valence-electron chi connectivity index (χ2n) is 8.41. The van der Waals surface area contributed by atoms with Crippen molar-refractivity contribution in [1.29, 1.82) is 5.41 Å². The van der Waals surface area contributed by atoms with Crippen LogP contribution in [0.3, 0.4) is 0 Å². The maximum atomic E-state index is 13.1. The molecule has 0 aliphatic heterocycles. The van der Waals surface area contributed by atoms with Crippen LogP contribution in [0.4, 0.5) is 11.4 Å². The van der Waals surface area contributed by atoms with Crippen LogP contribution in [0.1, 0.15) is 34.0 Å². The third-order valence-corrected chi connectivity index (χ3v) is 6.11. The number of rotatable bonds is 10. The Hall–Kier alpha value is -4.02. The molecule has 3 rings (SSSR count). The summed E-state index contributed by atoms with van der Waals surface area (Å²) in [6, 6.07) is 12.8. The molecule has 0 saturated heterocycles. The van der Waals surface area contributed by atoms with Crippen molar-refractivity contribution in [1.82, 2.24) is 0 Å². The molecule has 0 aliphatic carbocycles. The van der Waals surface area contributed by atoms with Gasteiger partial charge in [-0.1, -0.05) is 29.3 Å². The lowest BCUT2D eigenvalue weighted by Crippen LogP contribution is -2.40. The summed E-state index contributed by atoms with van der Waals surface area (Å²) < 4.78 is 21.9. The van der Waals surface area contributed by atoms with Crippen molar-refractivity contribution in [3.05, 3.63) is 81.9 Å². The number of amides is 1. The largest absolute Gasteiger partial charge is 0.423 e. The van der Waals surface area contributed by atoms with Crippen molar-refractivity contribution in [2.45, 2.75) is 26.8 Å². The van der Waals surface area contributed by atoms with Gasteiger partial charge < -0.3 is 25.0 Å².